The monoisotopic (exact) mass is 371 g/mol. The summed E-state index contributed by atoms with van der Waals surface area (Å²) in [4.78, 5) is 0. The molecule has 0 spiro atoms. The van der Waals surface area contributed by atoms with E-state index in [1.165, 1.54) is 12.8 Å². The Hall–Kier alpha value is 0.170. The first-order valence-corrected chi connectivity index (χ1v) is 10.4. The standard InChI is InChI=1S/C21H37NO2.ClH/c1-13(22)16-8-11-21(24)18-5-4-14-12-15(23)6-9-19(14,2)17(18)7-10-20(16,21)3;/h13-18,23-24H,4-12,22H2,1-3H3;1H/t13?,14-,15+,16-,17+,18-,19+,20-,21+;/m1./s1. The lowest BCUT2D eigenvalue weighted by Crippen LogP contribution is -2.63. The zero-order valence-corrected chi connectivity index (χ0v) is 17.0. The van der Waals surface area contributed by atoms with Crippen LogP contribution in [-0.4, -0.2) is 28.0 Å². The van der Waals surface area contributed by atoms with E-state index in [-0.39, 0.29) is 30.0 Å². The molecule has 0 heterocycles. The predicted molar refractivity (Wildman–Crippen MR) is 104 cm³/mol. The molecule has 146 valence electrons. The first-order chi connectivity index (χ1) is 11.2. The number of hydrogen-bond donors (Lipinski definition) is 3. The largest absolute Gasteiger partial charge is 0.393 e. The highest BCUT2D eigenvalue weighted by atomic mass is 35.5. The van der Waals surface area contributed by atoms with Crippen molar-refractivity contribution in [3.8, 4) is 0 Å². The van der Waals surface area contributed by atoms with Gasteiger partial charge in [0.2, 0.25) is 0 Å². The normalized spacial score (nSPS) is 56.2. The van der Waals surface area contributed by atoms with Gasteiger partial charge in [0.15, 0.2) is 0 Å². The summed E-state index contributed by atoms with van der Waals surface area (Å²) < 4.78 is 0. The smallest absolute Gasteiger partial charge is 0.0735 e. The Morgan fingerprint density at radius 1 is 0.960 bits per heavy atom. The van der Waals surface area contributed by atoms with E-state index in [2.05, 4.69) is 20.8 Å². The summed E-state index contributed by atoms with van der Waals surface area (Å²) in [5.41, 5.74) is 6.13. The third-order valence-corrected chi connectivity index (χ3v) is 9.53. The zero-order valence-electron chi connectivity index (χ0n) is 16.2. The Morgan fingerprint density at radius 2 is 1.68 bits per heavy atom. The van der Waals surface area contributed by atoms with E-state index in [1.807, 2.05) is 0 Å². The fourth-order valence-corrected chi connectivity index (χ4v) is 8.09. The van der Waals surface area contributed by atoms with Gasteiger partial charge >= 0.3 is 0 Å². The van der Waals surface area contributed by atoms with Gasteiger partial charge in [0, 0.05) is 11.5 Å². The number of halogens is 1. The van der Waals surface area contributed by atoms with Crippen molar-refractivity contribution in [3.05, 3.63) is 0 Å². The van der Waals surface area contributed by atoms with E-state index in [1.54, 1.807) is 0 Å². The Kier molecular flexibility index (Phi) is 5.07. The summed E-state index contributed by atoms with van der Waals surface area (Å²) >= 11 is 0. The number of fused-ring (bicyclic) bond motifs is 5. The molecule has 1 unspecified atom stereocenters. The summed E-state index contributed by atoms with van der Waals surface area (Å²) in [7, 11) is 0. The second-order valence-electron chi connectivity index (χ2n) is 10.3. The molecule has 0 aromatic carbocycles. The van der Waals surface area contributed by atoms with Gasteiger partial charge in [-0.25, -0.2) is 0 Å². The molecule has 4 saturated carbocycles. The molecule has 4 rings (SSSR count). The average Bonchev–Trinajstić information content (AvgIpc) is 2.80. The van der Waals surface area contributed by atoms with Gasteiger partial charge in [-0.2, -0.15) is 0 Å². The predicted octanol–water partition coefficient (Wildman–Crippen LogP) is 3.89. The first-order valence-electron chi connectivity index (χ1n) is 10.4. The van der Waals surface area contributed by atoms with E-state index < -0.39 is 5.60 Å². The van der Waals surface area contributed by atoms with Crippen molar-refractivity contribution in [2.75, 3.05) is 0 Å². The molecule has 25 heavy (non-hydrogen) atoms. The highest BCUT2D eigenvalue weighted by Crippen LogP contribution is 2.69. The molecule has 0 aliphatic heterocycles. The highest BCUT2D eigenvalue weighted by Gasteiger charge is 2.67. The molecule has 4 N–H and O–H groups in total. The Morgan fingerprint density at radius 3 is 2.36 bits per heavy atom. The van der Waals surface area contributed by atoms with Gasteiger partial charge in [-0.1, -0.05) is 13.8 Å². The van der Waals surface area contributed by atoms with Crippen molar-refractivity contribution in [3.63, 3.8) is 0 Å². The fourth-order valence-electron chi connectivity index (χ4n) is 8.09. The molecule has 3 nitrogen and oxygen atoms in total. The maximum atomic E-state index is 11.9. The van der Waals surface area contributed by atoms with Crippen molar-refractivity contribution < 1.29 is 10.2 Å². The second kappa shape index (κ2) is 6.36. The van der Waals surface area contributed by atoms with Crippen molar-refractivity contribution in [2.24, 2.45) is 40.2 Å². The molecule has 4 aliphatic carbocycles. The zero-order chi connectivity index (χ0) is 17.3. The van der Waals surface area contributed by atoms with Crippen molar-refractivity contribution in [2.45, 2.75) is 96.3 Å². The van der Waals surface area contributed by atoms with Gasteiger partial charge < -0.3 is 15.9 Å². The van der Waals surface area contributed by atoms with Crippen LogP contribution in [0.15, 0.2) is 0 Å². The number of aliphatic hydroxyl groups is 2. The summed E-state index contributed by atoms with van der Waals surface area (Å²) in [6.45, 7) is 6.95. The number of nitrogens with two attached hydrogens (primary N) is 1. The Bertz CT molecular complexity index is 514. The average molecular weight is 372 g/mol. The maximum Gasteiger partial charge on any atom is 0.0735 e. The summed E-state index contributed by atoms with van der Waals surface area (Å²) in [5.74, 6) is 2.19. The first kappa shape index (κ1) is 19.9. The summed E-state index contributed by atoms with van der Waals surface area (Å²) in [5, 5.41) is 22.1. The lowest BCUT2D eigenvalue weighted by Gasteiger charge is -2.63. The van der Waals surface area contributed by atoms with Gasteiger partial charge in [0.1, 0.15) is 0 Å². The minimum absolute atomic E-state index is 0. The molecule has 9 atom stereocenters. The second-order valence-corrected chi connectivity index (χ2v) is 10.3. The highest BCUT2D eigenvalue weighted by molar-refractivity contribution is 5.85. The third kappa shape index (κ3) is 2.56. The van der Waals surface area contributed by atoms with Crippen molar-refractivity contribution >= 4 is 12.4 Å². The SMILES string of the molecule is CC(N)[C@H]1CC[C@]2(O)[C@@H]3CC[C@@H]4C[C@@H](O)CC[C@]4(C)[C@H]3CC[C@]12C.Cl. The van der Waals surface area contributed by atoms with Crippen LogP contribution in [0.25, 0.3) is 0 Å². The van der Waals surface area contributed by atoms with Gasteiger partial charge in [-0.3, -0.25) is 0 Å². The molecule has 0 bridgehead atoms. The van der Waals surface area contributed by atoms with Gasteiger partial charge in [0.25, 0.3) is 0 Å². The minimum atomic E-state index is -0.516. The van der Waals surface area contributed by atoms with E-state index in [0.717, 1.165) is 44.9 Å². The van der Waals surface area contributed by atoms with Crippen molar-refractivity contribution in [1.82, 2.24) is 0 Å². The Labute approximate surface area is 159 Å². The van der Waals surface area contributed by atoms with Crippen LogP contribution in [0.1, 0.15) is 78.6 Å². The van der Waals surface area contributed by atoms with Crippen LogP contribution < -0.4 is 5.73 Å². The Balaban J connectivity index is 0.00000182. The van der Waals surface area contributed by atoms with Crippen LogP contribution in [0, 0.1) is 34.5 Å². The van der Waals surface area contributed by atoms with Crippen LogP contribution in [0.2, 0.25) is 0 Å². The topological polar surface area (TPSA) is 66.5 Å². The molecule has 0 aromatic heterocycles. The van der Waals surface area contributed by atoms with Crippen LogP contribution in [0.4, 0.5) is 0 Å². The van der Waals surface area contributed by atoms with Crippen LogP contribution in [-0.2, 0) is 0 Å². The van der Waals surface area contributed by atoms with Gasteiger partial charge in [-0.15, -0.1) is 12.4 Å². The molecule has 0 radical (unpaired) electrons. The lowest BCUT2D eigenvalue weighted by atomic mass is 9.43. The van der Waals surface area contributed by atoms with Crippen molar-refractivity contribution in [1.29, 1.82) is 0 Å². The minimum Gasteiger partial charge on any atom is -0.393 e. The van der Waals surface area contributed by atoms with Crippen LogP contribution in [0.5, 0.6) is 0 Å². The molecule has 4 aliphatic rings. The van der Waals surface area contributed by atoms with E-state index in [9.17, 15) is 10.2 Å². The molecule has 4 fully saturated rings. The van der Waals surface area contributed by atoms with Gasteiger partial charge in [-0.05, 0) is 93.8 Å². The molecule has 0 amide bonds. The summed E-state index contributed by atoms with van der Waals surface area (Å²) in [6.07, 6.45) is 9.73. The van der Waals surface area contributed by atoms with E-state index in [0.29, 0.717) is 29.1 Å². The van der Waals surface area contributed by atoms with Crippen LogP contribution >= 0.6 is 12.4 Å². The number of hydrogen-bond acceptors (Lipinski definition) is 3. The molecule has 0 aromatic rings. The lowest BCUT2D eigenvalue weighted by molar-refractivity contribution is -0.211. The number of rotatable bonds is 1. The van der Waals surface area contributed by atoms with E-state index in [4.69, 9.17) is 5.73 Å². The maximum absolute atomic E-state index is 11.9. The molecular formula is C21H38ClNO2. The molecule has 4 heteroatoms. The molecule has 0 saturated heterocycles. The fraction of sp³-hybridized carbons (Fsp3) is 1.00. The summed E-state index contributed by atoms with van der Waals surface area (Å²) in [6, 6.07) is 0.178. The number of aliphatic hydroxyl groups excluding tert-OH is 1. The van der Waals surface area contributed by atoms with Crippen LogP contribution in [0.3, 0.4) is 0 Å². The quantitative estimate of drug-likeness (QED) is 0.655. The third-order valence-electron chi connectivity index (χ3n) is 9.53. The van der Waals surface area contributed by atoms with E-state index >= 15 is 0 Å². The van der Waals surface area contributed by atoms with Gasteiger partial charge in [0.05, 0.1) is 11.7 Å². The molecular weight excluding hydrogens is 334 g/mol.